The van der Waals surface area contributed by atoms with Gasteiger partial charge in [-0.05, 0) is 23.6 Å². The molecule has 30 heavy (non-hydrogen) atoms. The van der Waals surface area contributed by atoms with Crippen LogP contribution in [0.15, 0.2) is 72.1 Å². The number of H-pyrrole nitrogens is 1. The minimum atomic E-state index is -0.316. The van der Waals surface area contributed by atoms with Crippen LogP contribution in [0.1, 0.15) is 0 Å². The van der Waals surface area contributed by atoms with E-state index in [1.54, 1.807) is 23.5 Å². The van der Waals surface area contributed by atoms with Crippen LogP contribution in [0.4, 0.5) is 5.69 Å². The van der Waals surface area contributed by atoms with E-state index in [1.165, 1.54) is 11.3 Å². The lowest BCUT2D eigenvalue weighted by Crippen LogP contribution is -1.87. The molecule has 0 bridgehead atoms. The second-order valence-electron chi connectivity index (χ2n) is 6.97. The molecule has 0 amide bonds. The normalized spacial score (nSPS) is 11.6. The van der Waals surface area contributed by atoms with Gasteiger partial charge in [0.2, 0.25) is 0 Å². The van der Waals surface area contributed by atoms with Crippen LogP contribution >= 0.6 is 22.7 Å². The molecule has 2 aromatic carbocycles. The summed E-state index contributed by atoms with van der Waals surface area (Å²) >= 11 is 3.18. The molecule has 7 heteroatoms. The molecule has 0 radical (unpaired) electrons. The minimum absolute atomic E-state index is 0.117. The molecule has 5 nitrogen and oxygen atoms in total. The maximum Gasteiger partial charge on any atom is 0.280 e. The number of nitrogens with one attached hydrogen (secondary N) is 1. The molecule has 0 aliphatic rings. The molecule has 0 aliphatic carbocycles. The third kappa shape index (κ3) is 2.49. The van der Waals surface area contributed by atoms with Crippen molar-refractivity contribution >= 4 is 59.7 Å². The number of benzene rings is 2. The number of nitro benzene ring substituents is 1. The number of pyridine rings is 1. The number of hydrogen-bond donors (Lipinski definition) is 1. The molecule has 6 aromatic rings. The molecule has 0 atom stereocenters. The van der Waals surface area contributed by atoms with Gasteiger partial charge >= 0.3 is 0 Å². The third-order valence-electron chi connectivity index (χ3n) is 5.24. The van der Waals surface area contributed by atoms with E-state index in [4.69, 9.17) is 4.98 Å². The van der Waals surface area contributed by atoms with Crippen LogP contribution in [0.5, 0.6) is 0 Å². The summed E-state index contributed by atoms with van der Waals surface area (Å²) in [5.74, 6) is 0. The molecule has 0 saturated heterocycles. The van der Waals surface area contributed by atoms with Crippen molar-refractivity contribution in [2.24, 2.45) is 0 Å². The monoisotopic (exact) mass is 427 g/mol. The molecule has 0 aliphatic heterocycles. The first-order valence-electron chi connectivity index (χ1n) is 9.32. The zero-order valence-electron chi connectivity index (χ0n) is 15.5. The Morgan fingerprint density at radius 1 is 0.967 bits per heavy atom. The molecular formula is C23H13N3O2S2. The molecule has 1 N–H and O–H groups in total. The van der Waals surface area contributed by atoms with Crippen molar-refractivity contribution in [1.29, 1.82) is 0 Å². The Bertz CT molecular complexity index is 1560. The first-order chi connectivity index (χ1) is 14.7. The number of nitro groups is 1. The van der Waals surface area contributed by atoms with Crippen LogP contribution < -0.4 is 0 Å². The Morgan fingerprint density at radius 2 is 1.83 bits per heavy atom. The van der Waals surface area contributed by atoms with Crippen LogP contribution in [0.3, 0.4) is 0 Å². The highest BCUT2D eigenvalue weighted by molar-refractivity contribution is 7.26. The van der Waals surface area contributed by atoms with Crippen LogP contribution in [0.25, 0.3) is 53.0 Å². The van der Waals surface area contributed by atoms with Crippen LogP contribution in [0, 0.1) is 10.1 Å². The fourth-order valence-corrected chi connectivity index (χ4v) is 5.92. The van der Waals surface area contributed by atoms with Gasteiger partial charge in [0.15, 0.2) is 0 Å². The van der Waals surface area contributed by atoms with Crippen LogP contribution in [-0.2, 0) is 0 Å². The number of rotatable bonds is 3. The largest absolute Gasteiger partial charge is 0.353 e. The predicted molar refractivity (Wildman–Crippen MR) is 124 cm³/mol. The standard InChI is InChI=1S/C23H13N3O2S2/c27-26(28)17-9-4-8-15-20(17)22-21(24-15)19-14(18-10-5-11-29-18)12-16(25-23(19)30-22)13-6-2-1-3-7-13/h1-12,24H. The fraction of sp³-hybridized carbons (Fsp3) is 0. The average Bonchev–Trinajstić information content (AvgIpc) is 3.49. The Morgan fingerprint density at radius 3 is 2.60 bits per heavy atom. The third-order valence-corrected chi connectivity index (χ3v) is 7.25. The molecule has 0 fully saturated rings. The van der Waals surface area contributed by atoms with E-state index in [2.05, 4.69) is 22.5 Å². The van der Waals surface area contributed by atoms with E-state index in [0.717, 1.165) is 47.6 Å². The lowest BCUT2D eigenvalue weighted by Gasteiger charge is -2.06. The van der Waals surface area contributed by atoms with Crippen molar-refractivity contribution in [3.63, 3.8) is 0 Å². The highest BCUT2D eigenvalue weighted by atomic mass is 32.1. The number of hydrogen-bond acceptors (Lipinski definition) is 5. The average molecular weight is 428 g/mol. The molecule has 0 saturated carbocycles. The van der Waals surface area contributed by atoms with Gasteiger partial charge in [-0.2, -0.15) is 0 Å². The number of fused-ring (bicyclic) bond motifs is 5. The van der Waals surface area contributed by atoms with E-state index >= 15 is 0 Å². The van der Waals surface area contributed by atoms with Gasteiger partial charge in [-0.15, -0.1) is 22.7 Å². The Kier molecular flexibility index (Phi) is 3.74. The summed E-state index contributed by atoms with van der Waals surface area (Å²) in [6.45, 7) is 0. The van der Waals surface area contributed by atoms with E-state index < -0.39 is 0 Å². The lowest BCUT2D eigenvalue weighted by atomic mass is 10.1. The van der Waals surface area contributed by atoms with Crippen molar-refractivity contribution in [2.45, 2.75) is 0 Å². The number of nitrogens with zero attached hydrogens (tertiary/aromatic N) is 2. The number of aromatic nitrogens is 2. The van der Waals surface area contributed by atoms with E-state index in [1.807, 2.05) is 42.5 Å². The molecule has 4 aromatic heterocycles. The molecule has 6 rings (SSSR count). The number of thiophene rings is 2. The molecule has 4 heterocycles. The fourth-order valence-electron chi connectivity index (χ4n) is 3.95. The molecular weight excluding hydrogens is 414 g/mol. The van der Waals surface area contributed by atoms with Crippen molar-refractivity contribution in [1.82, 2.24) is 9.97 Å². The van der Waals surface area contributed by atoms with E-state index in [0.29, 0.717) is 5.39 Å². The van der Waals surface area contributed by atoms with Gasteiger partial charge in [0.1, 0.15) is 4.83 Å². The molecule has 0 unspecified atom stereocenters. The first kappa shape index (κ1) is 17.3. The Labute approximate surface area is 178 Å². The smallest absolute Gasteiger partial charge is 0.280 e. The summed E-state index contributed by atoms with van der Waals surface area (Å²) in [7, 11) is 0. The summed E-state index contributed by atoms with van der Waals surface area (Å²) in [6.07, 6.45) is 0. The van der Waals surface area contributed by atoms with Crippen molar-refractivity contribution < 1.29 is 4.92 Å². The van der Waals surface area contributed by atoms with Crippen molar-refractivity contribution in [3.05, 3.63) is 82.2 Å². The Hall–Kier alpha value is -3.55. The van der Waals surface area contributed by atoms with Gasteiger partial charge in [0, 0.05) is 27.5 Å². The van der Waals surface area contributed by atoms with Gasteiger partial charge in [0.05, 0.1) is 31.7 Å². The van der Waals surface area contributed by atoms with Gasteiger partial charge in [-0.25, -0.2) is 4.98 Å². The van der Waals surface area contributed by atoms with Crippen molar-refractivity contribution in [2.75, 3.05) is 0 Å². The summed E-state index contributed by atoms with van der Waals surface area (Å²) in [4.78, 5) is 21.7. The molecule has 144 valence electrons. The van der Waals surface area contributed by atoms with E-state index in [9.17, 15) is 10.1 Å². The minimum Gasteiger partial charge on any atom is -0.353 e. The summed E-state index contributed by atoms with van der Waals surface area (Å²) in [5, 5.41) is 15.4. The zero-order valence-corrected chi connectivity index (χ0v) is 17.1. The van der Waals surface area contributed by atoms with Crippen LogP contribution in [0.2, 0.25) is 0 Å². The molecule has 0 spiro atoms. The SMILES string of the molecule is O=[N+]([O-])c1cccc2[nH]c3c(sc4nc(-c5ccccc5)cc(-c5cccs5)c43)c12. The van der Waals surface area contributed by atoms with Gasteiger partial charge < -0.3 is 4.98 Å². The zero-order chi connectivity index (χ0) is 20.2. The van der Waals surface area contributed by atoms with Crippen molar-refractivity contribution in [3.8, 4) is 21.7 Å². The summed E-state index contributed by atoms with van der Waals surface area (Å²) in [6, 6.07) is 21.5. The lowest BCUT2D eigenvalue weighted by molar-refractivity contribution is -0.383. The Balaban J connectivity index is 1.77. The van der Waals surface area contributed by atoms with Gasteiger partial charge in [0.25, 0.3) is 5.69 Å². The van der Waals surface area contributed by atoms with Gasteiger partial charge in [-0.3, -0.25) is 10.1 Å². The predicted octanol–water partition coefficient (Wildman–Crippen LogP) is 7.23. The maximum atomic E-state index is 11.6. The number of aromatic amines is 1. The summed E-state index contributed by atoms with van der Waals surface area (Å²) in [5.41, 5.74) is 4.84. The highest BCUT2D eigenvalue weighted by Crippen LogP contribution is 2.46. The quantitative estimate of drug-likeness (QED) is 0.239. The summed E-state index contributed by atoms with van der Waals surface area (Å²) < 4.78 is 0.878. The second kappa shape index (κ2) is 6.48. The van der Waals surface area contributed by atoms with E-state index in [-0.39, 0.29) is 10.6 Å². The second-order valence-corrected chi connectivity index (χ2v) is 8.91. The maximum absolute atomic E-state index is 11.6. The number of non-ortho nitro benzene ring substituents is 1. The highest BCUT2D eigenvalue weighted by Gasteiger charge is 2.23. The topological polar surface area (TPSA) is 71.8 Å². The first-order valence-corrected chi connectivity index (χ1v) is 11.0. The van der Waals surface area contributed by atoms with Crippen LogP contribution in [-0.4, -0.2) is 14.9 Å². The van der Waals surface area contributed by atoms with Gasteiger partial charge in [-0.1, -0.05) is 42.5 Å².